The lowest BCUT2D eigenvalue weighted by Crippen LogP contribution is -2.31. The minimum absolute atomic E-state index is 0.255. The van der Waals surface area contributed by atoms with Gasteiger partial charge in [0.15, 0.2) is 0 Å². The first-order chi connectivity index (χ1) is 11.8. The Bertz CT molecular complexity index is 744. The largest absolute Gasteiger partial charge is 0.492 e. The van der Waals surface area contributed by atoms with E-state index in [2.05, 4.69) is 35.4 Å². The van der Waals surface area contributed by atoms with Crippen LogP contribution in [-0.2, 0) is 6.54 Å². The molecular weight excluding hydrogens is 296 g/mol. The van der Waals surface area contributed by atoms with E-state index in [0.29, 0.717) is 6.61 Å². The molecule has 1 unspecified atom stereocenters. The third-order valence-electron chi connectivity index (χ3n) is 3.80. The number of nitrogens with zero attached hydrogens (tertiary/aromatic N) is 1. The van der Waals surface area contributed by atoms with Gasteiger partial charge in [-0.1, -0.05) is 48.5 Å². The van der Waals surface area contributed by atoms with Crippen molar-refractivity contribution in [2.75, 3.05) is 6.61 Å². The molecule has 3 aromatic rings. The summed E-state index contributed by atoms with van der Waals surface area (Å²) in [7, 11) is 0. The molecule has 0 saturated carbocycles. The zero-order valence-electron chi connectivity index (χ0n) is 13.9. The summed E-state index contributed by atoms with van der Waals surface area (Å²) in [5.41, 5.74) is 3.50. The molecule has 0 spiro atoms. The first kappa shape index (κ1) is 16.2. The molecule has 1 aromatic heterocycles. The Morgan fingerprint density at radius 2 is 1.62 bits per heavy atom. The van der Waals surface area contributed by atoms with Crippen molar-refractivity contribution in [2.24, 2.45) is 0 Å². The van der Waals surface area contributed by atoms with Crippen molar-refractivity contribution in [2.45, 2.75) is 19.5 Å². The SMILES string of the molecule is CC(COc1ccccc1)NCc1cncc(-c2ccccc2)c1. The van der Waals surface area contributed by atoms with E-state index < -0.39 is 0 Å². The molecule has 0 aliphatic heterocycles. The van der Waals surface area contributed by atoms with Crippen molar-refractivity contribution in [1.82, 2.24) is 10.3 Å². The Labute approximate surface area is 143 Å². The standard InChI is InChI=1S/C21H22N2O/c1-17(16-24-21-10-6-3-7-11-21)23-14-18-12-20(15-22-13-18)19-8-4-2-5-9-19/h2-13,15,17,23H,14,16H2,1H3. The van der Waals surface area contributed by atoms with E-state index in [1.54, 1.807) is 0 Å². The van der Waals surface area contributed by atoms with E-state index in [4.69, 9.17) is 4.74 Å². The summed E-state index contributed by atoms with van der Waals surface area (Å²) in [6, 6.07) is 22.6. The van der Waals surface area contributed by atoms with Gasteiger partial charge in [0.1, 0.15) is 12.4 Å². The fourth-order valence-corrected chi connectivity index (χ4v) is 2.46. The second kappa shape index (κ2) is 8.27. The van der Waals surface area contributed by atoms with Crippen LogP contribution in [0.5, 0.6) is 5.75 Å². The number of ether oxygens (including phenoxy) is 1. The number of aromatic nitrogens is 1. The summed E-state index contributed by atoms with van der Waals surface area (Å²) in [4.78, 5) is 4.36. The summed E-state index contributed by atoms with van der Waals surface area (Å²) in [5, 5.41) is 3.48. The van der Waals surface area contributed by atoms with Gasteiger partial charge in [-0.2, -0.15) is 0 Å². The Kier molecular flexibility index (Phi) is 5.59. The molecule has 0 amide bonds. The summed E-state index contributed by atoms with van der Waals surface area (Å²) in [5.74, 6) is 0.902. The van der Waals surface area contributed by atoms with Crippen molar-refractivity contribution >= 4 is 0 Å². The van der Waals surface area contributed by atoms with E-state index in [0.717, 1.165) is 17.9 Å². The minimum atomic E-state index is 0.255. The molecule has 2 aromatic carbocycles. The van der Waals surface area contributed by atoms with E-state index in [9.17, 15) is 0 Å². The fraction of sp³-hybridized carbons (Fsp3) is 0.190. The molecule has 0 fully saturated rings. The highest BCUT2D eigenvalue weighted by atomic mass is 16.5. The van der Waals surface area contributed by atoms with Gasteiger partial charge >= 0.3 is 0 Å². The lowest BCUT2D eigenvalue weighted by molar-refractivity contribution is 0.272. The van der Waals surface area contributed by atoms with E-state index in [1.807, 2.05) is 60.9 Å². The van der Waals surface area contributed by atoms with Crippen LogP contribution in [0.4, 0.5) is 0 Å². The number of nitrogens with one attached hydrogen (secondary N) is 1. The predicted octanol–water partition coefficient (Wildman–Crippen LogP) is 4.31. The Balaban J connectivity index is 1.53. The van der Waals surface area contributed by atoms with Gasteiger partial charge in [-0.05, 0) is 36.2 Å². The number of hydrogen-bond acceptors (Lipinski definition) is 3. The van der Waals surface area contributed by atoms with Gasteiger partial charge < -0.3 is 10.1 Å². The molecule has 0 saturated heterocycles. The molecular formula is C21H22N2O. The van der Waals surface area contributed by atoms with Crippen molar-refractivity contribution in [3.05, 3.63) is 84.7 Å². The van der Waals surface area contributed by atoms with Crippen LogP contribution >= 0.6 is 0 Å². The molecule has 3 heteroatoms. The average Bonchev–Trinajstić information content (AvgIpc) is 2.66. The number of rotatable bonds is 7. The highest BCUT2D eigenvalue weighted by molar-refractivity contribution is 5.62. The summed E-state index contributed by atoms with van der Waals surface area (Å²) < 4.78 is 5.77. The summed E-state index contributed by atoms with van der Waals surface area (Å²) >= 11 is 0. The van der Waals surface area contributed by atoms with Crippen LogP contribution in [0.25, 0.3) is 11.1 Å². The molecule has 1 atom stereocenters. The maximum atomic E-state index is 5.77. The smallest absolute Gasteiger partial charge is 0.119 e. The maximum absolute atomic E-state index is 5.77. The predicted molar refractivity (Wildman–Crippen MR) is 97.9 cm³/mol. The van der Waals surface area contributed by atoms with E-state index in [-0.39, 0.29) is 6.04 Å². The molecule has 1 N–H and O–H groups in total. The molecule has 0 radical (unpaired) electrons. The summed E-state index contributed by atoms with van der Waals surface area (Å²) in [6.07, 6.45) is 3.81. The van der Waals surface area contributed by atoms with E-state index >= 15 is 0 Å². The molecule has 122 valence electrons. The number of para-hydroxylation sites is 1. The molecule has 0 aliphatic carbocycles. The quantitative estimate of drug-likeness (QED) is 0.705. The van der Waals surface area contributed by atoms with Crippen LogP contribution < -0.4 is 10.1 Å². The van der Waals surface area contributed by atoms with Crippen molar-refractivity contribution < 1.29 is 4.74 Å². The number of hydrogen-bond donors (Lipinski definition) is 1. The fourth-order valence-electron chi connectivity index (χ4n) is 2.46. The highest BCUT2D eigenvalue weighted by Gasteiger charge is 2.04. The Hall–Kier alpha value is -2.65. The zero-order chi connectivity index (χ0) is 16.6. The highest BCUT2D eigenvalue weighted by Crippen LogP contribution is 2.18. The monoisotopic (exact) mass is 318 g/mol. The van der Waals surface area contributed by atoms with Crippen LogP contribution in [0, 0.1) is 0 Å². The van der Waals surface area contributed by atoms with E-state index in [1.165, 1.54) is 11.1 Å². The lowest BCUT2D eigenvalue weighted by atomic mass is 10.1. The Morgan fingerprint density at radius 1 is 0.917 bits per heavy atom. The molecule has 1 heterocycles. The second-order valence-electron chi connectivity index (χ2n) is 5.85. The van der Waals surface area contributed by atoms with Gasteiger partial charge in [0, 0.05) is 30.5 Å². The molecule has 24 heavy (non-hydrogen) atoms. The number of benzene rings is 2. The van der Waals surface area contributed by atoms with Crippen LogP contribution in [0.2, 0.25) is 0 Å². The van der Waals surface area contributed by atoms with Crippen molar-refractivity contribution in [3.8, 4) is 16.9 Å². The van der Waals surface area contributed by atoms with Crippen LogP contribution in [0.15, 0.2) is 79.1 Å². The maximum Gasteiger partial charge on any atom is 0.119 e. The van der Waals surface area contributed by atoms with Crippen LogP contribution in [0.1, 0.15) is 12.5 Å². The average molecular weight is 318 g/mol. The van der Waals surface area contributed by atoms with Crippen molar-refractivity contribution in [1.29, 1.82) is 0 Å². The summed E-state index contributed by atoms with van der Waals surface area (Å²) in [6.45, 7) is 3.53. The van der Waals surface area contributed by atoms with Crippen LogP contribution in [-0.4, -0.2) is 17.6 Å². The first-order valence-electron chi connectivity index (χ1n) is 8.22. The normalized spacial score (nSPS) is 11.9. The molecule has 0 aliphatic rings. The topological polar surface area (TPSA) is 34.1 Å². The number of pyridine rings is 1. The second-order valence-corrected chi connectivity index (χ2v) is 5.85. The van der Waals surface area contributed by atoms with Crippen molar-refractivity contribution in [3.63, 3.8) is 0 Å². The third kappa shape index (κ3) is 4.67. The lowest BCUT2D eigenvalue weighted by Gasteiger charge is -2.15. The van der Waals surface area contributed by atoms with Gasteiger partial charge in [0.05, 0.1) is 0 Å². The van der Waals surface area contributed by atoms with Gasteiger partial charge in [-0.15, -0.1) is 0 Å². The molecule has 3 nitrogen and oxygen atoms in total. The third-order valence-corrected chi connectivity index (χ3v) is 3.80. The van der Waals surface area contributed by atoms with Gasteiger partial charge in [0.2, 0.25) is 0 Å². The Morgan fingerprint density at radius 3 is 2.38 bits per heavy atom. The minimum Gasteiger partial charge on any atom is -0.492 e. The van der Waals surface area contributed by atoms with Crippen LogP contribution in [0.3, 0.4) is 0 Å². The first-order valence-corrected chi connectivity index (χ1v) is 8.22. The molecule has 3 rings (SSSR count). The van der Waals surface area contributed by atoms with Gasteiger partial charge in [0.25, 0.3) is 0 Å². The van der Waals surface area contributed by atoms with Gasteiger partial charge in [-0.3, -0.25) is 4.98 Å². The zero-order valence-corrected chi connectivity index (χ0v) is 13.9. The molecule has 0 bridgehead atoms. The van der Waals surface area contributed by atoms with Gasteiger partial charge in [-0.25, -0.2) is 0 Å².